The van der Waals surface area contributed by atoms with Crippen LogP contribution in [0.5, 0.6) is 11.5 Å². The smallest absolute Gasteiger partial charge is 0.379 e. The minimum atomic E-state index is -0.883. The van der Waals surface area contributed by atoms with E-state index < -0.39 is 5.97 Å². The predicted octanol–water partition coefficient (Wildman–Crippen LogP) is 2.55. The topological polar surface area (TPSA) is 106 Å². The first-order chi connectivity index (χ1) is 15.5. The second-order valence-electron chi connectivity index (χ2n) is 7.41. The van der Waals surface area contributed by atoms with Gasteiger partial charge in [0, 0.05) is 13.1 Å². The molecule has 10 heteroatoms. The van der Waals surface area contributed by atoms with Gasteiger partial charge < -0.3 is 4.74 Å². The molecule has 1 aliphatic heterocycles. The molecule has 1 saturated heterocycles. The number of ether oxygens (including phenoxy) is 3. The number of nitrogens with one attached hydrogen (secondary N) is 1. The van der Waals surface area contributed by atoms with Gasteiger partial charge in [0.25, 0.3) is 0 Å². The van der Waals surface area contributed by atoms with Gasteiger partial charge in [0.1, 0.15) is 0 Å². The Bertz CT molecular complexity index is 1100. The van der Waals surface area contributed by atoms with Crippen LogP contribution in [0.4, 0.5) is 11.5 Å². The number of aromatic carboxylic acids is 1. The zero-order valence-corrected chi connectivity index (χ0v) is 19.8. The van der Waals surface area contributed by atoms with E-state index in [4.69, 9.17) is 14.2 Å². The van der Waals surface area contributed by atoms with E-state index in [1.54, 1.807) is 13.2 Å². The number of rotatable bonds is 9. The molecule has 2 N–H and O–H groups in total. The molecular formula is C22H26N4O5Se. The Labute approximate surface area is 192 Å². The van der Waals surface area contributed by atoms with Crippen LogP contribution in [-0.2, 0) is 4.74 Å². The van der Waals surface area contributed by atoms with Crippen molar-refractivity contribution in [3.63, 3.8) is 0 Å². The van der Waals surface area contributed by atoms with Gasteiger partial charge in [-0.1, -0.05) is 0 Å². The quantitative estimate of drug-likeness (QED) is 0.335. The van der Waals surface area contributed by atoms with Crippen molar-refractivity contribution >= 4 is 42.9 Å². The number of nitrogens with zero attached hydrogens (tertiary/aromatic N) is 3. The standard InChI is InChI=1S/C22H26N4O5Se/c1-14-16(12-20(32-14)22(27)28)25-21-15-10-19(18(29-2)11-17(15)23-13-24-21)31-7-3-4-26-5-8-30-9-6-26/h10-13H,3-9H2,1-2H3,(H,27,28)(H,23,24,25). The Morgan fingerprint density at radius 1 is 1.25 bits per heavy atom. The average molecular weight is 505 g/mol. The summed E-state index contributed by atoms with van der Waals surface area (Å²) in [5, 5.41) is 13.4. The predicted molar refractivity (Wildman–Crippen MR) is 122 cm³/mol. The summed E-state index contributed by atoms with van der Waals surface area (Å²) in [6, 6.07) is 5.39. The number of hydrogen-bond donors (Lipinski definition) is 2. The van der Waals surface area contributed by atoms with Crippen LogP contribution >= 0.6 is 0 Å². The molecule has 0 atom stereocenters. The summed E-state index contributed by atoms with van der Waals surface area (Å²) in [5.74, 6) is 0.958. The average Bonchev–Trinajstić information content (AvgIpc) is 3.17. The summed E-state index contributed by atoms with van der Waals surface area (Å²) in [7, 11) is 1.61. The molecule has 0 bridgehead atoms. The van der Waals surface area contributed by atoms with E-state index in [0.717, 1.165) is 54.8 Å². The van der Waals surface area contributed by atoms with Crippen molar-refractivity contribution in [2.45, 2.75) is 13.3 Å². The van der Waals surface area contributed by atoms with E-state index in [2.05, 4.69) is 20.2 Å². The molecule has 0 radical (unpaired) electrons. The molecule has 1 fully saturated rings. The third kappa shape index (κ3) is 5.21. The molecule has 3 heterocycles. The monoisotopic (exact) mass is 506 g/mol. The maximum atomic E-state index is 11.3. The van der Waals surface area contributed by atoms with Crippen molar-refractivity contribution in [1.29, 1.82) is 0 Å². The molecule has 1 aliphatic rings. The minimum Gasteiger partial charge on any atom is -0.379 e. The SMILES string of the molecule is COc1cc2ncnc(Nc3cc(C(=O)O)[se]c3C)c2cc1OCCCN1CCOCC1. The fourth-order valence-corrected chi connectivity index (χ4v) is 5.28. The van der Waals surface area contributed by atoms with Gasteiger partial charge in [-0.25, -0.2) is 0 Å². The van der Waals surface area contributed by atoms with Gasteiger partial charge in [0.05, 0.1) is 13.2 Å². The Morgan fingerprint density at radius 2 is 2.06 bits per heavy atom. The molecule has 4 rings (SSSR count). The molecule has 1 aromatic carbocycles. The zero-order valence-electron chi connectivity index (χ0n) is 18.1. The van der Waals surface area contributed by atoms with Crippen LogP contribution in [0.25, 0.3) is 10.9 Å². The third-order valence-corrected chi connectivity index (χ3v) is 7.46. The molecular weight excluding hydrogens is 479 g/mol. The zero-order chi connectivity index (χ0) is 22.5. The number of benzene rings is 1. The first-order valence-corrected chi connectivity index (χ1v) is 12.1. The molecule has 32 heavy (non-hydrogen) atoms. The van der Waals surface area contributed by atoms with Crippen molar-refractivity contribution in [2.75, 3.05) is 51.9 Å². The van der Waals surface area contributed by atoms with Crippen LogP contribution in [0.2, 0.25) is 0 Å². The summed E-state index contributed by atoms with van der Waals surface area (Å²) in [5.41, 5.74) is 1.48. The first kappa shape index (κ1) is 22.5. The van der Waals surface area contributed by atoms with E-state index in [1.165, 1.54) is 6.33 Å². The number of morpholine rings is 1. The normalized spacial score (nSPS) is 14.4. The van der Waals surface area contributed by atoms with Gasteiger partial charge >= 0.3 is 161 Å². The van der Waals surface area contributed by atoms with Gasteiger partial charge in [-0.05, 0) is 0 Å². The van der Waals surface area contributed by atoms with E-state index in [9.17, 15) is 9.90 Å². The minimum absolute atomic E-state index is 0.199. The summed E-state index contributed by atoms with van der Waals surface area (Å²) in [4.78, 5) is 22.4. The Morgan fingerprint density at radius 3 is 2.78 bits per heavy atom. The molecule has 2 aromatic heterocycles. The van der Waals surface area contributed by atoms with Crippen LogP contribution in [0.15, 0.2) is 24.5 Å². The van der Waals surface area contributed by atoms with Gasteiger partial charge in [0.15, 0.2) is 0 Å². The first-order valence-electron chi connectivity index (χ1n) is 10.4. The molecule has 9 nitrogen and oxygen atoms in total. The third-order valence-electron chi connectivity index (χ3n) is 5.28. The number of carboxylic acid groups (broad SMARTS) is 1. The second kappa shape index (κ2) is 10.3. The summed E-state index contributed by atoms with van der Waals surface area (Å²) >= 11 is -0.199. The molecule has 0 aliphatic carbocycles. The van der Waals surface area contributed by atoms with Crippen LogP contribution in [0.3, 0.4) is 0 Å². The summed E-state index contributed by atoms with van der Waals surface area (Å²) in [6.45, 7) is 6.95. The van der Waals surface area contributed by atoms with Crippen LogP contribution < -0.4 is 14.8 Å². The Balaban J connectivity index is 1.52. The fraction of sp³-hybridized carbons (Fsp3) is 0.409. The number of methoxy groups -OCH3 is 1. The van der Waals surface area contributed by atoms with Crippen LogP contribution in [0, 0.1) is 6.92 Å². The molecule has 0 saturated carbocycles. The van der Waals surface area contributed by atoms with Crippen molar-refractivity contribution < 1.29 is 24.1 Å². The number of carboxylic acids is 1. The maximum absolute atomic E-state index is 11.3. The number of aryl methyl sites for hydroxylation is 1. The molecule has 0 unspecified atom stereocenters. The molecule has 0 amide bonds. The fourth-order valence-electron chi connectivity index (χ4n) is 3.57. The number of carbonyl (C=O) groups is 1. The second-order valence-corrected chi connectivity index (χ2v) is 10.0. The van der Waals surface area contributed by atoms with Gasteiger partial charge in [-0.3, -0.25) is 0 Å². The van der Waals surface area contributed by atoms with E-state index in [-0.39, 0.29) is 14.5 Å². The van der Waals surface area contributed by atoms with Crippen molar-refractivity contribution in [3.8, 4) is 11.5 Å². The van der Waals surface area contributed by atoms with Crippen molar-refractivity contribution in [1.82, 2.24) is 14.9 Å². The summed E-state index contributed by atoms with van der Waals surface area (Å²) < 4.78 is 18.4. The number of fused-ring (bicyclic) bond motifs is 1. The number of aromatic nitrogens is 2. The summed E-state index contributed by atoms with van der Waals surface area (Å²) in [6.07, 6.45) is 2.37. The molecule has 0 spiro atoms. The van der Waals surface area contributed by atoms with Crippen LogP contribution in [0.1, 0.15) is 20.1 Å². The number of anilines is 2. The van der Waals surface area contributed by atoms with Crippen molar-refractivity contribution in [3.05, 3.63) is 33.4 Å². The molecule has 170 valence electrons. The Hall–Kier alpha value is -2.65. The number of hydrogen-bond acceptors (Lipinski definition) is 8. The van der Waals surface area contributed by atoms with E-state index in [1.807, 2.05) is 19.1 Å². The van der Waals surface area contributed by atoms with E-state index in [0.29, 0.717) is 33.9 Å². The van der Waals surface area contributed by atoms with Crippen LogP contribution in [-0.4, -0.2) is 87.0 Å². The van der Waals surface area contributed by atoms with Gasteiger partial charge in [-0.15, -0.1) is 0 Å². The molecule has 3 aromatic rings. The van der Waals surface area contributed by atoms with Gasteiger partial charge in [0.2, 0.25) is 0 Å². The van der Waals surface area contributed by atoms with Gasteiger partial charge in [-0.2, -0.15) is 0 Å². The van der Waals surface area contributed by atoms with E-state index >= 15 is 0 Å². The van der Waals surface area contributed by atoms with Crippen molar-refractivity contribution in [2.24, 2.45) is 0 Å². The Kier molecular flexibility index (Phi) is 7.26.